The number of likely N-dealkylation sites (tertiary alicyclic amines) is 1. The van der Waals surface area contributed by atoms with Crippen LogP contribution in [0.25, 0.3) is 0 Å². The molecule has 0 radical (unpaired) electrons. The number of rotatable bonds is 7. The smallest absolute Gasteiger partial charge is 0.254 e. The molecule has 1 heterocycles. The van der Waals surface area contributed by atoms with Crippen molar-refractivity contribution in [2.45, 2.75) is 22.6 Å². The average molecular weight is 367 g/mol. The maximum atomic E-state index is 12.1. The summed E-state index contributed by atoms with van der Waals surface area (Å²) in [5.74, 6) is -0.423. The van der Waals surface area contributed by atoms with Crippen molar-refractivity contribution in [2.24, 2.45) is 5.10 Å². The summed E-state index contributed by atoms with van der Waals surface area (Å²) in [5, 5.41) is 3.77. The Morgan fingerprint density at radius 1 is 1.00 bits per heavy atom. The number of hydrogen-bond acceptors (Lipinski definition) is 5. The number of benzene rings is 2. The summed E-state index contributed by atoms with van der Waals surface area (Å²) >= 11 is 1.64. The van der Waals surface area contributed by atoms with Crippen molar-refractivity contribution in [2.75, 3.05) is 19.6 Å². The van der Waals surface area contributed by atoms with Crippen molar-refractivity contribution in [1.29, 1.82) is 0 Å². The average Bonchev–Trinajstić information content (AvgIpc) is 3.16. The fourth-order valence-corrected chi connectivity index (χ4v) is 3.57. The molecule has 1 fully saturated rings. The highest BCUT2D eigenvalue weighted by Gasteiger charge is 2.14. The highest BCUT2D eigenvalue weighted by atomic mass is 32.2. The van der Waals surface area contributed by atoms with Crippen molar-refractivity contribution >= 4 is 29.7 Å². The highest BCUT2D eigenvalue weighted by Crippen LogP contribution is 2.27. The maximum Gasteiger partial charge on any atom is 0.254 e. The minimum atomic E-state index is -0.234. The Hall–Kier alpha value is -2.44. The third-order valence-corrected chi connectivity index (χ3v) is 5.07. The van der Waals surface area contributed by atoms with Crippen LogP contribution in [-0.4, -0.2) is 42.4 Å². The Morgan fingerprint density at radius 2 is 1.65 bits per heavy atom. The van der Waals surface area contributed by atoms with Crippen LogP contribution in [0, 0.1) is 0 Å². The zero-order chi connectivity index (χ0) is 18.2. The predicted octanol–water partition coefficient (Wildman–Crippen LogP) is 3.22. The number of Topliss-reactive ketones (excluding diaryl/α,β-unsaturated/α-hetero) is 1. The molecule has 1 N–H and O–H groups in total. The van der Waals surface area contributed by atoms with E-state index < -0.39 is 0 Å². The molecule has 5 nitrogen and oxygen atoms in total. The molecule has 1 amide bonds. The minimum Gasteiger partial charge on any atom is -0.294 e. The normalized spacial score (nSPS) is 14.6. The first kappa shape index (κ1) is 18.4. The van der Waals surface area contributed by atoms with Crippen molar-refractivity contribution in [3.05, 3.63) is 60.2 Å². The van der Waals surface area contributed by atoms with Crippen LogP contribution in [0.4, 0.5) is 0 Å². The third kappa shape index (κ3) is 5.54. The molecule has 2 aromatic carbocycles. The van der Waals surface area contributed by atoms with Crippen LogP contribution in [0.3, 0.4) is 0 Å². The molecule has 1 saturated heterocycles. The zero-order valence-electron chi connectivity index (χ0n) is 14.4. The van der Waals surface area contributed by atoms with E-state index in [0.717, 1.165) is 41.9 Å². The highest BCUT2D eigenvalue weighted by molar-refractivity contribution is 7.99. The fraction of sp³-hybridized carbons (Fsp3) is 0.250. The number of ketones is 1. The van der Waals surface area contributed by atoms with E-state index in [2.05, 4.69) is 15.4 Å². The summed E-state index contributed by atoms with van der Waals surface area (Å²) < 4.78 is 0. The summed E-state index contributed by atoms with van der Waals surface area (Å²) in [6.45, 7) is 2.23. The van der Waals surface area contributed by atoms with Gasteiger partial charge in [0.05, 0.1) is 12.8 Å². The quantitative estimate of drug-likeness (QED) is 0.464. The Balaban J connectivity index is 1.48. The van der Waals surface area contributed by atoms with Gasteiger partial charge < -0.3 is 0 Å². The standard InChI is InChI=1S/C20H21N3O2S/c24-19(14-21-22-20(25)15-23-12-4-5-13-23)16-8-10-18(11-9-16)26-17-6-2-1-3-7-17/h1-3,6-11,14H,4-5,12-13,15H2,(H,22,25)/b21-14-. The van der Waals surface area contributed by atoms with Gasteiger partial charge in [-0.2, -0.15) is 5.10 Å². The van der Waals surface area contributed by atoms with E-state index in [9.17, 15) is 9.59 Å². The van der Waals surface area contributed by atoms with Gasteiger partial charge in [-0.25, -0.2) is 5.43 Å². The first-order chi connectivity index (χ1) is 12.7. The van der Waals surface area contributed by atoms with Crippen LogP contribution < -0.4 is 5.43 Å². The Bertz CT molecular complexity index is 769. The van der Waals surface area contributed by atoms with E-state index in [0.29, 0.717) is 12.1 Å². The molecule has 0 unspecified atom stereocenters. The summed E-state index contributed by atoms with van der Waals surface area (Å²) in [7, 11) is 0. The molecule has 0 aromatic heterocycles. The molecule has 0 aliphatic carbocycles. The molecule has 26 heavy (non-hydrogen) atoms. The molecule has 0 saturated carbocycles. The van der Waals surface area contributed by atoms with Crippen molar-refractivity contribution in [3.8, 4) is 0 Å². The summed E-state index contributed by atoms with van der Waals surface area (Å²) in [6, 6.07) is 17.4. The molecular formula is C20H21N3O2S. The molecule has 1 aliphatic rings. The van der Waals surface area contributed by atoms with Crippen molar-refractivity contribution in [3.63, 3.8) is 0 Å². The van der Waals surface area contributed by atoms with Crippen LogP contribution in [0.15, 0.2) is 69.5 Å². The monoisotopic (exact) mass is 367 g/mol. The second kappa shape index (κ2) is 9.31. The Labute approximate surface area is 157 Å². The SMILES string of the molecule is O=C(CN1CCCC1)N/N=C\C(=O)c1ccc(Sc2ccccc2)cc1. The Morgan fingerprint density at radius 3 is 2.35 bits per heavy atom. The summed E-state index contributed by atoms with van der Waals surface area (Å²) in [6.07, 6.45) is 3.42. The minimum absolute atomic E-state index is 0.189. The van der Waals surface area contributed by atoms with Crippen LogP contribution >= 0.6 is 11.8 Å². The lowest BCUT2D eigenvalue weighted by Gasteiger charge is -2.11. The van der Waals surface area contributed by atoms with Crippen LogP contribution in [0.2, 0.25) is 0 Å². The lowest BCUT2D eigenvalue weighted by atomic mass is 10.1. The molecule has 1 aliphatic heterocycles. The first-order valence-corrected chi connectivity index (χ1v) is 9.44. The largest absolute Gasteiger partial charge is 0.294 e. The van der Waals surface area contributed by atoms with Gasteiger partial charge in [-0.3, -0.25) is 14.5 Å². The molecule has 2 aromatic rings. The third-order valence-electron chi connectivity index (χ3n) is 4.05. The summed E-state index contributed by atoms with van der Waals surface area (Å²) in [4.78, 5) is 28.2. The molecule has 134 valence electrons. The van der Waals surface area contributed by atoms with Gasteiger partial charge in [0.15, 0.2) is 0 Å². The molecule has 0 bridgehead atoms. The van der Waals surface area contributed by atoms with E-state index in [1.54, 1.807) is 23.9 Å². The van der Waals surface area contributed by atoms with E-state index in [1.165, 1.54) is 0 Å². The van der Waals surface area contributed by atoms with Crippen LogP contribution in [0.1, 0.15) is 23.2 Å². The van der Waals surface area contributed by atoms with E-state index in [1.807, 2.05) is 42.5 Å². The number of hydrazone groups is 1. The van der Waals surface area contributed by atoms with E-state index in [4.69, 9.17) is 0 Å². The lowest BCUT2D eigenvalue weighted by molar-refractivity contribution is -0.121. The van der Waals surface area contributed by atoms with Gasteiger partial charge in [0.1, 0.15) is 0 Å². The number of carbonyl (C=O) groups is 2. The van der Waals surface area contributed by atoms with Gasteiger partial charge in [-0.05, 0) is 62.3 Å². The predicted molar refractivity (Wildman–Crippen MR) is 104 cm³/mol. The van der Waals surface area contributed by atoms with Crippen molar-refractivity contribution < 1.29 is 9.59 Å². The topological polar surface area (TPSA) is 61.8 Å². The van der Waals surface area contributed by atoms with Gasteiger partial charge in [-0.15, -0.1) is 0 Å². The second-order valence-electron chi connectivity index (χ2n) is 6.08. The zero-order valence-corrected chi connectivity index (χ0v) is 15.2. The van der Waals surface area contributed by atoms with E-state index in [-0.39, 0.29) is 11.7 Å². The molecule has 6 heteroatoms. The number of hydrogen-bond donors (Lipinski definition) is 1. The molecular weight excluding hydrogens is 346 g/mol. The van der Waals surface area contributed by atoms with Gasteiger partial charge in [0.2, 0.25) is 5.78 Å². The number of nitrogens with zero attached hydrogens (tertiary/aromatic N) is 2. The lowest BCUT2D eigenvalue weighted by Crippen LogP contribution is -2.33. The molecule has 3 rings (SSSR count). The van der Waals surface area contributed by atoms with Gasteiger partial charge in [0, 0.05) is 15.4 Å². The Kier molecular flexibility index (Phi) is 6.57. The van der Waals surface area contributed by atoms with Crippen LogP contribution in [0.5, 0.6) is 0 Å². The number of nitrogens with one attached hydrogen (secondary N) is 1. The number of carbonyl (C=O) groups excluding carboxylic acids is 2. The van der Waals surface area contributed by atoms with Gasteiger partial charge >= 0.3 is 0 Å². The molecule has 0 spiro atoms. The van der Waals surface area contributed by atoms with Gasteiger partial charge in [0.25, 0.3) is 5.91 Å². The fourth-order valence-electron chi connectivity index (χ4n) is 2.73. The van der Waals surface area contributed by atoms with Crippen LogP contribution in [-0.2, 0) is 4.79 Å². The maximum absolute atomic E-state index is 12.1. The molecule has 0 atom stereocenters. The van der Waals surface area contributed by atoms with Gasteiger partial charge in [-0.1, -0.05) is 30.0 Å². The van der Waals surface area contributed by atoms with E-state index >= 15 is 0 Å². The second-order valence-corrected chi connectivity index (χ2v) is 7.23. The summed E-state index contributed by atoms with van der Waals surface area (Å²) in [5.41, 5.74) is 2.96. The first-order valence-electron chi connectivity index (χ1n) is 8.62. The van der Waals surface area contributed by atoms with Crippen molar-refractivity contribution in [1.82, 2.24) is 10.3 Å². The number of amides is 1.